The SMILES string of the molecule is CC(C)c1cccc(OCC(=O)Nc2ccc([N+](=O)[O-])cc2Br)c1. The average molecular weight is 393 g/mol. The van der Waals surface area contributed by atoms with E-state index in [-0.39, 0.29) is 18.2 Å². The average Bonchev–Trinajstić information content (AvgIpc) is 2.55. The molecule has 7 heteroatoms. The molecule has 2 aromatic carbocycles. The first kappa shape index (κ1) is 17.9. The molecule has 2 rings (SSSR count). The van der Waals surface area contributed by atoms with Gasteiger partial charge in [0.2, 0.25) is 0 Å². The first-order valence-corrected chi connectivity index (χ1v) is 8.12. The maximum Gasteiger partial charge on any atom is 0.270 e. The van der Waals surface area contributed by atoms with E-state index in [2.05, 4.69) is 35.1 Å². The Hall–Kier alpha value is -2.41. The number of nitro groups is 1. The molecular weight excluding hydrogens is 376 g/mol. The number of nitro benzene ring substituents is 1. The fourth-order valence-electron chi connectivity index (χ4n) is 2.02. The largest absolute Gasteiger partial charge is 0.484 e. The summed E-state index contributed by atoms with van der Waals surface area (Å²) in [6.45, 7) is 4.01. The summed E-state index contributed by atoms with van der Waals surface area (Å²) in [6, 6.07) is 11.7. The minimum Gasteiger partial charge on any atom is -0.484 e. The molecule has 0 fully saturated rings. The van der Waals surface area contributed by atoms with E-state index in [9.17, 15) is 14.9 Å². The van der Waals surface area contributed by atoms with Crippen LogP contribution in [0.2, 0.25) is 0 Å². The van der Waals surface area contributed by atoms with Gasteiger partial charge in [-0.1, -0.05) is 26.0 Å². The Morgan fingerprint density at radius 2 is 2.04 bits per heavy atom. The molecule has 0 aromatic heterocycles. The number of nitrogens with one attached hydrogen (secondary N) is 1. The van der Waals surface area contributed by atoms with Crippen molar-refractivity contribution in [2.24, 2.45) is 0 Å². The van der Waals surface area contributed by atoms with Crippen LogP contribution in [0, 0.1) is 10.1 Å². The number of nitrogens with zero attached hydrogens (tertiary/aromatic N) is 1. The molecule has 2 aromatic rings. The minimum absolute atomic E-state index is 0.0541. The highest BCUT2D eigenvalue weighted by Crippen LogP contribution is 2.27. The molecule has 0 saturated heterocycles. The van der Waals surface area contributed by atoms with Crippen LogP contribution >= 0.6 is 15.9 Å². The Labute approximate surface area is 148 Å². The van der Waals surface area contributed by atoms with Gasteiger partial charge < -0.3 is 10.1 Å². The van der Waals surface area contributed by atoms with E-state index in [0.717, 1.165) is 5.56 Å². The third-order valence-electron chi connectivity index (χ3n) is 3.33. The highest BCUT2D eigenvalue weighted by Gasteiger charge is 2.12. The molecule has 0 heterocycles. The Bertz CT molecular complexity index is 762. The van der Waals surface area contributed by atoms with Crippen molar-refractivity contribution >= 4 is 33.2 Å². The lowest BCUT2D eigenvalue weighted by atomic mass is 10.0. The normalized spacial score (nSPS) is 10.5. The van der Waals surface area contributed by atoms with E-state index >= 15 is 0 Å². The zero-order chi connectivity index (χ0) is 17.7. The number of carbonyl (C=O) groups is 1. The van der Waals surface area contributed by atoms with Crippen molar-refractivity contribution in [3.63, 3.8) is 0 Å². The molecule has 0 radical (unpaired) electrons. The van der Waals surface area contributed by atoms with Gasteiger partial charge in [-0.25, -0.2) is 0 Å². The van der Waals surface area contributed by atoms with Gasteiger partial charge in [-0.2, -0.15) is 0 Å². The number of amides is 1. The van der Waals surface area contributed by atoms with Crippen molar-refractivity contribution < 1.29 is 14.5 Å². The summed E-state index contributed by atoms with van der Waals surface area (Å²) in [5.41, 5.74) is 1.53. The number of benzene rings is 2. The maximum atomic E-state index is 12.0. The van der Waals surface area contributed by atoms with Gasteiger partial charge >= 0.3 is 0 Å². The summed E-state index contributed by atoms with van der Waals surface area (Å²) in [6.07, 6.45) is 0. The standard InChI is InChI=1S/C17H17BrN2O4/c1-11(2)12-4-3-5-14(8-12)24-10-17(21)19-16-7-6-13(20(22)23)9-15(16)18/h3-9,11H,10H2,1-2H3,(H,19,21). The number of hydrogen-bond acceptors (Lipinski definition) is 4. The van der Waals surface area contributed by atoms with Crippen LogP contribution in [-0.2, 0) is 4.79 Å². The number of carbonyl (C=O) groups excluding carboxylic acids is 1. The van der Waals surface area contributed by atoms with Crippen LogP contribution in [0.3, 0.4) is 0 Å². The second-order valence-corrected chi connectivity index (χ2v) is 6.34. The van der Waals surface area contributed by atoms with Gasteiger partial charge in [-0.15, -0.1) is 0 Å². The molecule has 0 unspecified atom stereocenters. The summed E-state index contributed by atoms with van der Waals surface area (Å²) in [5, 5.41) is 13.3. The summed E-state index contributed by atoms with van der Waals surface area (Å²) < 4.78 is 5.93. The zero-order valence-electron chi connectivity index (χ0n) is 13.3. The van der Waals surface area contributed by atoms with Gasteiger partial charge in [0.25, 0.3) is 11.6 Å². The fraction of sp³-hybridized carbons (Fsp3) is 0.235. The van der Waals surface area contributed by atoms with Gasteiger partial charge in [0.15, 0.2) is 6.61 Å². The molecule has 0 aliphatic rings. The molecule has 24 heavy (non-hydrogen) atoms. The predicted molar refractivity (Wildman–Crippen MR) is 95.5 cm³/mol. The molecule has 0 aliphatic carbocycles. The van der Waals surface area contributed by atoms with Crippen molar-refractivity contribution in [1.82, 2.24) is 0 Å². The lowest BCUT2D eigenvalue weighted by Crippen LogP contribution is -2.20. The van der Waals surface area contributed by atoms with Crippen LogP contribution in [0.15, 0.2) is 46.9 Å². The van der Waals surface area contributed by atoms with Crippen LogP contribution in [-0.4, -0.2) is 17.4 Å². The molecule has 0 spiro atoms. The van der Waals surface area contributed by atoms with E-state index in [1.807, 2.05) is 18.2 Å². The number of halogens is 1. The number of hydrogen-bond donors (Lipinski definition) is 1. The molecule has 1 N–H and O–H groups in total. The third-order valence-corrected chi connectivity index (χ3v) is 3.99. The first-order chi connectivity index (χ1) is 11.4. The van der Waals surface area contributed by atoms with Gasteiger partial charge in [0.1, 0.15) is 5.75 Å². The second kappa shape index (κ2) is 7.92. The Morgan fingerprint density at radius 3 is 2.67 bits per heavy atom. The van der Waals surface area contributed by atoms with Crippen LogP contribution in [0.25, 0.3) is 0 Å². The molecule has 0 aliphatic heterocycles. The van der Waals surface area contributed by atoms with Crippen LogP contribution in [0.5, 0.6) is 5.75 Å². The van der Waals surface area contributed by atoms with Crippen molar-refractivity contribution in [2.45, 2.75) is 19.8 Å². The predicted octanol–water partition coefficient (Wildman–Crippen LogP) is 4.50. The van der Waals surface area contributed by atoms with Crippen LogP contribution < -0.4 is 10.1 Å². The molecular formula is C17H17BrN2O4. The monoisotopic (exact) mass is 392 g/mol. The Morgan fingerprint density at radius 1 is 1.29 bits per heavy atom. The lowest BCUT2D eigenvalue weighted by molar-refractivity contribution is -0.384. The highest BCUT2D eigenvalue weighted by atomic mass is 79.9. The Kier molecular flexibility index (Phi) is 5.92. The molecule has 6 nitrogen and oxygen atoms in total. The Balaban J connectivity index is 1.96. The molecule has 0 atom stereocenters. The quantitative estimate of drug-likeness (QED) is 0.579. The van der Waals surface area contributed by atoms with Crippen molar-refractivity contribution in [3.05, 3.63) is 62.6 Å². The third kappa shape index (κ3) is 4.79. The maximum absolute atomic E-state index is 12.0. The van der Waals surface area contributed by atoms with E-state index in [1.165, 1.54) is 18.2 Å². The minimum atomic E-state index is -0.499. The fourth-order valence-corrected chi connectivity index (χ4v) is 2.48. The van der Waals surface area contributed by atoms with E-state index in [1.54, 1.807) is 6.07 Å². The lowest BCUT2D eigenvalue weighted by Gasteiger charge is -2.11. The summed E-state index contributed by atoms with van der Waals surface area (Å²) >= 11 is 3.21. The van der Waals surface area contributed by atoms with Crippen molar-refractivity contribution in [2.75, 3.05) is 11.9 Å². The number of non-ortho nitro benzene ring substituents is 1. The molecule has 0 saturated carbocycles. The highest BCUT2D eigenvalue weighted by molar-refractivity contribution is 9.10. The zero-order valence-corrected chi connectivity index (χ0v) is 14.9. The van der Waals surface area contributed by atoms with Crippen LogP contribution in [0.1, 0.15) is 25.3 Å². The van der Waals surface area contributed by atoms with E-state index in [4.69, 9.17) is 4.74 Å². The molecule has 0 bridgehead atoms. The van der Waals surface area contributed by atoms with Gasteiger partial charge in [-0.05, 0) is 45.6 Å². The van der Waals surface area contributed by atoms with E-state index < -0.39 is 4.92 Å². The first-order valence-electron chi connectivity index (χ1n) is 7.33. The van der Waals surface area contributed by atoms with E-state index in [0.29, 0.717) is 21.8 Å². The van der Waals surface area contributed by atoms with Crippen molar-refractivity contribution in [3.8, 4) is 5.75 Å². The number of ether oxygens (including phenoxy) is 1. The number of rotatable bonds is 6. The number of anilines is 1. The van der Waals surface area contributed by atoms with Crippen molar-refractivity contribution in [1.29, 1.82) is 0 Å². The molecule has 126 valence electrons. The summed E-state index contributed by atoms with van der Waals surface area (Å²) in [4.78, 5) is 22.2. The summed E-state index contributed by atoms with van der Waals surface area (Å²) in [5.74, 6) is 0.650. The summed E-state index contributed by atoms with van der Waals surface area (Å²) in [7, 11) is 0. The second-order valence-electron chi connectivity index (χ2n) is 5.49. The van der Waals surface area contributed by atoms with Gasteiger partial charge in [0.05, 0.1) is 10.6 Å². The van der Waals surface area contributed by atoms with Gasteiger partial charge in [-0.3, -0.25) is 14.9 Å². The molecule has 1 amide bonds. The topological polar surface area (TPSA) is 81.5 Å². The van der Waals surface area contributed by atoms with Gasteiger partial charge in [0, 0.05) is 16.6 Å². The smallest absolute Gasteiger partial charge is 0.270 e. The van der Waals surface area contributed by atoms with Crippen LogP contribution in [0.4, 0.5) is 11.4 Å².